The highest BCUT2D eigenvalue weighted by Gasteiger charge is 2.51. The van der Waals surface area contributed by atoms with E-state index in [-0.39, 0.29) is 24.4 Å². The maximum atomic E-state index is 11.8. The number of carbonyl (C=O) groups excluding carboxylic acids is 1. The van der Waals surface area contributed by atoms with E-state index in [1.54, 1.807) is 0 Å². The molecule has 1 amide bonds. The van der Waals surface area contributed by atoms with Gasteiger partial charge in [0.05, 0.1) is 6.04 Å². The Labute approximate surface area is 93.0 Å². The molecule has 4 nitrogen and oxygen atoms in total. The van der Waals surface area contributed by atoms with Gasteiger partial charge in [-0.05, 0) is 18.1 Å². The van der Waals surface area contributed by atoms with Crippen molar-refractivity contribution in [2.45, 2.75) is 24.9 Å². The molecular weight excluding hydrogens is 204 g/mol. The first-order valence-corrected chi connectivity index (χ1v) is 5.64. The fraction of sp³-hybridized carbons (Fsp3) is 0.417. The van der Waals surface area contributed by atoms with Crippen molar-refractivity contribution < 1.29 is 9.53 Å². The largest absolute Gasteiger partial charge is 0.345 e. The summed E-state index contributed by atoms with van der Waals surface area (Å²) in [5.74, 6) is 0.419. The number of nitrogens with one attached hydrogen (secondary N) is 2. The Balaban J connectivity index is 1.74. The fourth-order valence-electron chi connectivity index (χ4n) is 3.01. The van der Waals surface area contributed by atoms with E-state index in [4.69, 9.17) is 4.74 Å². The summed E-state index contributed by atoms with van der Waals surface area (Å²) in [6.07, 6.45) is 1.32. The first-order valence-electron chi connectivity index (χ1n) is 5.64. The number of ether oxygens (including phenoxy) is 1. The van der Waals surface area contributed by atoms with Crippen LogP contribution in [0, 0.1) is 5.92 Å². The van der Waals surface area contributed by atoms with Gasteiger partial charge in [0.2, 0.25) is 0 Å². The molecular formula is C12H12N2O2. The molecule has 1 aromatic rings. The van der Waals surface area contributed by atoms with Crippen LogP contribution in [0.5, 0.6) is 0 Å². The molecule has 3 saturated heterocycles. The average Bonchev–Trinajstić information content (AvgIpc) is 2.89. The quantitative estimate of drug-likeness (QED) is 0.728. The third kappa shape index (κ3) is 0.982. The second kappa shape index (κ2) is 2.84. The minimum Gasteiger partial charge on any atom is -0.345 e. The molecule has 4 atom stereocenters. The van der Waals surface area contributed by atoms with E-state index in [9.17, 15) is 4.79 Å². The Kier molecular flexibility index (Phi) is 1.55. The zero-order chi connectivity index (χ0) is 10.7. The van der Waals surface area contributed by atoms with Gasteiger partial charge in [-0.2, -0.15) is 0 Å². The van der Waals surface area contributed by atoms with Gasteiger partial charge in [0, 0.05) is 11.5 Å². The lowest BCUT2D eigenvalue weighted by molar-refractivity contribution is -0.115. The summed E-state index contributed by atoms with van der Waals surface area (Å²) in [6, 6.07) is 7.93. The van der Waals surface area contributed by atoms with E-state index in [2.05, 4.69) is 10.6 Å². The highest BCUT2D eigenvalue weighted by Crippen LogP contribution is 2.43. The van der Waals surface area contributed by atoms with Gasteiger partial charge in [-0.25, -0.2) is 0 Å². The number of benzene rings is 1. The van der Waals surface area contributed by atoms with Crippen LogP contribution in [0.1, 0.15) is 28.4 Å². The van der Waals surface area contributed by atoms with Crippen molar-refractivity contribution in [3.8, 4) is 0 Å². The molecule has 82 valence electrons. The van der Waals surface area contributed by atoms with Crippen molar-refractivity contribution in [1.82, 2.24) is 10.6 Å². The lowest BCUT2D eigenvalue weighted by atomic mass is 9.92. The molecule has 0 aliphatic carbocycles. The predicted molar refractivity (Wildman–Crippen MR) is 56.6 cm³/mol. The molecule has 5 rings (SSSR count). The first kappa shape index (κ1) is 8.73. The van der Waals surface area contributed by atoms with E-state index >= 15 is 0 Å². The Morgan fingerprint density at radius 3 is 2.88 bits per heavy atom. The third-order valence-corrected chi connectivity index (χ3v) is 3.79. The molecule has 0 aromatic heterocycles. The minimum absolute atomic E-state index is 0.0460. The van der Waals surface area contributed by atoms with Gasteiger partial charge in [0.25, 0.3) is 5.91 Å². The number of amides is 1. The normalized spacial score (nSPS) is 39.1. The number of carbonyl (C=O) groups is 1. The molecule has 3 fully saturated rings. The molecule has 0 spiro atoms. The SMILES string of the molecule is O=C1NC(C2CC3NC2O3)c2ccccc21. The van der Waals surface area contributed by atoms with Crippen LogP contribution in [-0.4, -0.2) is 18.4 Å². The first-order chi connectivity index (χ1) is 7.83. The van der Waals surface area contributed by atoms with Gasteiger partial charge in [0.1, 0.15) is 12.5 Å². The van der Waals surface area contributed by atoms with Crippen LogP contribution < -0.4 is 10.6 Å². The summed E-state index contributed by atoms with van der Waals surface area (Å²) >= 11 is 0. The lowest BCUT2D eigenvalue weighted by Gasteiger charge is -2.29. The summed E-state index contributed by atoms with van der Waals surface area (Å²) in [5, 5.41) is 6.38. The highest BCUT2D eigenvalue weighted by molar-refractivity contribution is 5.99. The van der Waals surface area contributed by atoms with Crippen LogP contribution >= 0.6 is 0 Å². The highest BCUT2D eigenvalue weighted by atomic mass is 16.6. The Morgan fingerprint density at radius 1 is 1.31 bits per heavy atom. The van der Waals surface area contributed by atoms with Crippen LogP contribution in [0.4, 0.5) is 0 Å². The predicted octanol–water partition coefficient (Wildman–Crippen LogP) is 0.763. The number of rotatable bonds is 1. The van der Waals surface area contributed by atoms with Crippen LogP contribution in [0.2, 0.25) is 0 Å². The van der Waals surface area contributed by atoms with E-state index < -0.39 is 0 Å². The summed E-state index contributed by atoms with van der Waals surface area (Å²) in [6.45, 7) is 0. The van der Waals surface area contributed by atoms with E-state index in [1.165, 1.54) is 0 Å². The van der Waals surface area contributed by atoms with Crippen LogP contribution in [0.15, 0.2) is 24.3 Å². The monoisotopic (exact) mass is 216 g/mol. The van der Waals surface area contributed by atoms with Gasteiger partial charge >= 0.3 is 0 Å². The molecule has 2 N–H and O–H groups in total. The zero-order valence-electron chi connectivity index (χ0n) is 8.64. The van der Waals surface area contributed by atoms with E-state index in [0.717, 1.165) is 17.5 Å². The standard InChI is InChI=1S/C12H12N2O2/c15-11-7-4-2-1-3-6(7)10(14-11)8-5-9-13-12(8)16-9/h1-4,8-10,12-13H,5H2,(H,14,15). The van der Waals surface area contributed by atoms with Crippen molar-refractivity contribution in [3.05, 3.63) is 35.4 Å². The number of hydrogen-bond acceptors (Lipinski definition) is 3. The molecule has 0 saturated carbocycles. The summed E-state index contributed by atoms with van der Waals surface area (Å²) in [4.78, 5) is 11.8. The zero-order valence-corrected chi connectivity index (χ0v) is 8.64. The number of fused-ring (bicyclic) bond motifs is 2. The topological polar surface area (TPSA) is 50.4 Å². The minimum atomic E-state index is 0.0460. The molecule has 1 aromatic carbocycles. The molecule has 16 heavy (non-hydrogen) atoms. The molecule has 0 radical (unpaired) electrons. The Bertz CT molecular complexity index is 468. The van der Waals surface area contributed by atoms with Crippen molar-refractivity contribution in [1.29, 1.82) is 0 Å². The van der Waals surface area contributed by atoms with Crippen molar-refractivity contribution >= 4 is 5.91 Å². The van der Waals surface area contributed by atoms with Crippen LogP contribution in [-0.2, 0) is 4.74 Å². The van der Waals surface area contributed by atoms with E-state index in [0.29, 0.717) is 5.92 Å². The molecule has 4 aliphatic rings. The molecule has 4 heteroatoms. The third-order valence-electron chi connectivity index (χ3n) is 3.79. The smallest absolute Gasteiger partial charge is 0.252 e. The van der Waals surface area contributed by atoms with Gasteiger partial charge in [-0.3, -0.25) is 10.1 Å². The average molecular weight is 216 g/mol. The van der Waals surface area contributed by atoms with Gasteiger partial charge in [-0.15, -0.1) is 0 Å². The lowest BCUT2D eigenvalue weighted by Crippen LogP contribution is -2.49. The second-order valence-electron chi connectivity index (χ2n) is 4.65. The molecule has 4 unspecified atom stereocenters. The summed E-state index contributed by atoms with van der Waals surface area (Å²) < 4.78 is 5.56. The van der Waals surface area contributed by atoms with Crippen molar-refractivity contribution in [2.75, 3.05) is 0 Å². The number of hydrogen-bond donors (Lipinski definition) is 2. The van der Waals surface area contributed by atoms with Crippen molar-refractivity contribution in [3.63, 3.8) is 0 Å². The Hall–Kier alpha value is -1.39. The maximum absolute atomic E-state index is 11.8. The Morgan fingerprint density at radius 2 is 2.12 bits per heavy atom. The van der Waals surface area contributed by atoms with Crippen molar-refractivity contribution in [2.24, 2.45) is 5.92 Å². The fourth-order valence-corrected chi connectivity index (χ4v) is 3.01. The maximum Gasteiger partial charge on any atom is 0.252 e. The molecule has 2 bridgehead atoms. The summed E-state index contributed by atoms with van der Waals surface area (Å²) in [7, 11) is 0. The van der Waals surface area contributed by atoms with Crippen LogP contribution in [0.25, 0.3) is 0 Å². The van der Waals surface area contributed by atoms with E-state index in [1.807, 2.05) is 24.3 Å². The van der Waals surface area contributed by atoms with Crippen LogP contribution in [0.3, 0.4) is 0 Å². The second-order valence-corrected chi connectivity index (χ2v) is 4.65. The van der Waals surface area contributed by atoms with Gasteiger partial charge < -0.3 is 10.1 Å². The molecule has 4 heterocycles. The summed E-state index contributed by atoms with van der Waals surface area (Å²) in [5.41, 5.74) is 1.94. The molecule has 4 aliphatic heterocycles. The van der Waals surface area contributed by atoms with Gasteiger partial charge in [-0.1, -0.05) is 18.2 Å². The van der Waals surface area contributed by atoms with Gasteiger partial charge in [0.15, 0.2) is 0 Å².